The Kier molecular flexibility index (Phi) is 5.29. The van der Waals surface area contributed by atoms with Crippen molar-refractivity contribution in [1.82, 2.24) is 20.4 Å². The van der Waals surface area contributed by atoms with Gasteiger partial charge in [-0.2, -0.15) is 0 Å². The van der Waals surface area contributed by atoms with Crippen molar-refractivity contribution in [2.75, 3.05) is 37.7 Å². The van der Waals surface area contributed by atoms with Gasteiger partial charge in [-0.3, -0.25) is 9.69 Å². The van der Waals surface area contributed by atoms with Crippen LogP contribution in [0.5, 0.6) is 0 Å². The monoisotopic (exact) mass is 406 g/mol. The second-order valence-electron chi connectivity index (χ2n) is 7.87. The summed E-state index contributed by atoms with van der Waals surface area (Å²) in [5, 5.41) is 5.61. The standard InChI is InChI=1S/C19H26N4O4S/c24-18(14-4-2-1-3-5-14)23-12-17(22-8-6-16(23)11-22)10-20-19(25)21-15-7-9-28(26,27)13-15/h1-5,15-17H,6-13H2,(H2,20,21,25)/t15-,16-,17+/m0/s1. The van der Waals surface area contributed by atoms with Crippen molar-refractivity contribution in [3.8, 4) is 0 Å². The van der Waals surface area contributed by atoms with Crippen LogP contribution in [0.3, 0.4) is 0 Å². The minimum absolute atomic E-state index is 0.0109. The van der Waals surface area contributed by atoms with Crippen molar-refractivity contribution >= 4 is 21.8 Å². The number of carbonyl (C=O) groups excluding carboxylic acids is 2. The summed E-state index contributed by atoms with van der Waals surface area (Å²) >= 11 is 0. The van der Waals surface area contributed by atoms with Gasteiger partial charge in [0.05, 0.1) is 11.5 Å². The molecule has 2 bridgehead atoms. The van der Waals surface area contributed by atoms with Crippen LogP contribution < -0.4 is 10.6 Å². The molecule has 4 atom stereocenters. The summed E-state index contributed by atoms with van der Waals surface area (Å²) in [7, 11) is -3.02. The fraction of sp³-hybridized carbons (Fsp3) is 0.579. The lowest BCUT2D eigenvalue weighted by molar-refractivity contribution is 0.0499. The molecular weight excluding hydrogens is 380 g/mol. The highest BCUT2D eigenvalue weighted by atomic mass is 32.2. The van der Waals surface area contributed by atoms with E-state index in [9.17, 15) is 18.0 Å². The molecule has 9 heteroatoms. The molecule has 0 radical (unpaired) electrons. The number of rotatable bonds is 4. The van der Waals surface area contributed by atoms with Crippen LogP contribution in [-0.2, 0) is 9.84 Å². The number of carbonyl (C=O) groups is 2. The second-order valence-corrected chi connectivity index (χ2v) is 10.1. The highest BCUT2D eigenvalue weighted by Crippen LogP contribution is 2.26. The Hall–Kier alpha value is -2.13. The van der Waals surface area contributed by atoms with Crippen molar-refractivity contribution in [3.05, 3.63) is 35.9 Å². The van der Waals surface area contributed by atoms with Crippen molar-refractivity contribution in [2.45, 2.75) is 31.0 Å². The van der Waals surface area contributed by atoms with Gasteiger partial charge in [-0.05, 0) is 25.0 Å². The maximum Gasteiger partial charge on any atom is 0.315 e. The number of nitrogens with one attached hydrogen (secondary N) is 2. The number of nitrogens with zero attached hydrogens (tertiary/aromatic N) is 2. The van der Waals surface area contributed by atoms with Gasteiger partial charge in [0.25, 0.3) is 5.91 Å². The van der Waals surface area contributed by atoms with Crippen LogP contribution in [0, 0.1) is 0 Å². The topological polar surface area (TPSA) is 98.8 Å². The summed E-state index contributed by atoms with van der Waals surface area (Å²) in [4.78, 5) is 29.3. The van der Waals surface area contributed by atoms with Crippen LogP contribution in [0.4, 0.5) is 4.79 Å². The van der Waals surface area contributed by atoms with Crippen molar-refractivity contribution < 1.29 is 18.0 Å². The third-order valence-corrected chi connectivity index (χ3v) is 7.67. The van der Waals surface area contributed by atoms with Crippen LogP contribution in [-0.4, -0.2) is 86.0 Å². The van der Waals surface area contributed by atoms with Gasteiger partial charge in [0, 0.05) is 49.9 Å². The lowest BCUT2D eigenvalue weighted by Gasteiger charge is -2.40. The Bertz CT molecular complexity index is 845. The van der Waals surface area contributed by atoms with E-state index in [0.29, 0.717) is 25.1 Å². The number of amides is 3. The first-order chi connectivity index (χ1) is 13.4. The minimum atomic E-state index is -3.02. The Morgan fingerprint density at radius 1 is 1.11 bits per heavy atom. The largest absolute Gasteiger partial charge is 0.337 e. The van der Waals surface area contributed by atoms with E-state index >= 15 is 0 Å². The zero-order valence-electron chi connectivity index (χ0n) is 15.7. The van der Waals surface area contributed by atoms with Gasteiger partial charge in [0.2, 0.25) is 0 Å². The van der Waals surface area contributed by atoms with E-state index in [1.165, 1.54) is 0 Å². The predicted octanol–water partition coefficient (Wildman–Crippen LogP) is 0.0716. The summed E-state index contributed by atoms with van der Waals surface area (Å²) in [6, 6.07) is 8.92. The molecule has 28 heavy (non-hydrogen) atoms. The summed E-state index contributed by atoms with van der Waals surface area (Å²) in [5.41, 5.74) is 0.690. The second kappa shape index (κ2) is 7.71. The average molecular weight is 407 g/mol. The molecule has 152 valence electrons. The van der Waals surface area contributed by atoms with Crippen LogP contribution in [0.1, 0.15) is 23.2 Å². The predicted molar refractivity (Wildman–Crippen MR) is 105 cm³/mol. The number of fused-ring (bicyclic) bond motifs is 2. The molecule has 1 aromatic rings. The molecule has 1 unspecified atom stereocenters. The Morgan fingerprint density at radius 2 is 1.89 bits per heavy atom. The van der Waals surface area contributed by atoms with Gasteiger partial charge in [0.1, 0.15) is 0 Å². The Labute approximate surface area is 165 Å². The van der Waals surface area contributed by atoms with Crippen LogP contribution in [0.15, 0.2) is 30.3 Å². The molecule has 2 N–H and O–H groups in total. The molecule has 1 aromatic carbocycles. The normalized spacial score (nSPS) is 30.8. The maximum atomic E-state index is 12.9. The van der Waals surface area contributed by atoms with E-state index in [-0.39, 0.29) is 41.6 Å². The van der Waals surface area contributed by atoms with Crippen LogP contribution in [0.2, 0.25) is 0 Å². The van der Waals surface area contributed by atoms with Gasteiger partial charge in [-0.25, -0.2) is 13.2 Å². The molecule has 4 rings (SSSR count). The summed E-state index contributed by atoms with van der Waals surface area (Å²) < 4.78 is 23.0. The van der Waals surface area contributed by atoms with Crippen molar-refractivity contribution in [2.24, 2.45) is 0 Å². The molecular formula is C19H26N4O4S. The number of sulfone groups is 1. The molecule has 3 aliphatic heterocycles. The molecule has 8 nitrogen and oxygen atoms in total. The van der Waals surface area contributed by atoms with E-state index in [1.54, 1.807) is 0 Å². The first-order valence-electron chi connectivity index (χ1n) is 9.76. The summed E-state index contributed by atoms with van der Waals surface area (Å²) in [6.45, 7) is 2.75. The van der Waals surface area contributed by atoms with E-state index in [4.69, 9.17) is 0 Å². The summed E-state index contributed by atoms with van der Waals surface area (Å²) in [6.07, 6.45) is 1.41. The lowest BCUT2D eigenvalue weighted by atomic mass is 10.1. The highest BCUT2D eigenvalue weighted by molar-refractivity contribution is 7.91. The van der Waals surface area contributed by atoms with E-state index < -0.39 is 9.84 Å². The molecule has 3 heterocycles. The van der Waals surface area contributed by atoms with E-state index in [1.807, 2.05) is 35.2 Å². The SMILES string of the molecule is O=C(NC[C@@H]1CN(C(=O)c2ccccc2)[C@H]2CCN1C2)N[C@H]1CCS(=O)(=O)C1. The Balaban J connectivity index is 1.33. The number of urea groups is 1. The third kappa shape index (κ3) is 4.15. The molecule has 0 aromatic heterocycles. The van der Waals surface area contributed by atoms with Crippen molar-refractivity contribution in [3.63, 3.8) is 0 Å². The van der Waals surface area contributed by atoms with E-state index in [0.717, 1.165) is 19.5 Å². The first kappa shape index (κ1) is 19.2. The zero-order valence-corrected chi connectivity index (χ0v) is 16.5. The summed E-state index contributed by atoms with van der Waals surface area (Å²) in [5.74, 6) is 0.182. The van der Waals surface area contributed by atoms with Gasteiger partial charge in [-0.15, -0.1) is 0 Å². The number of piperazine rings is 1. The van der Waals surface area contributed by atoms with Gasteiger partial charge >= 0.3 is 6.03 Å². The fourth-order valence-corrected chi connectivity index (χ4v) is 6.06. The smallest absolute Gasteiger partial charge is 0.315 e. The molecule has 0 aliphatic carbocycles. The number of hydrogen-bond donors (Lipinski definition) is 2. The molecule has 3 amide bonds. The van der Waals surface area contributed by atoms with E-state index in [2.05, 4.69) is 15.5 Å². The minimum Gasteiger partial charge on any atom is -0.337 e. The molecule has 3 aliphatic rings. The fourth-order valence-electron chi connectivity index (χ4n) is 4.39. The van der Waals surface area contributed by atoms with Gasteiger partial charge in [0.15, 0.2) is 9.84 Å². The molecule has 3 fully saturated rings. The zero-order chi connectivity index (χ0) is 19.7. The average Bonchev–Trinajstić information content (AvgIpc) is 3.25. The van der Waals surface area contributed by atoms with Gasteiger partial charge < -0.3 is 15.5 Å². The van der Waals surface area contributed by atoms with Crippen LogP contribution >= 0.6 is 0 Å². The molecule has 0 saturated carbocycles. The quantitative estimate of drug-likeness (QED) is 0.737. The van der Waals surface area contributed by atoms with Crippen molar-refractivity contribution in [1.29, 1.82) is 0 Å². The molecule has 0 spiro atoms. The highest BCUT2D eigenvalue weighted by Gasteiger charge is 2.41. The lowest BCUT2D eigenvalue weighted by Crippen LogP contribution is -2.58. The Morgan fingerprint density at radius 3 is 2.61 bits per heavy atom. The first-order valence-corrected chi connectivity index (χ1v) is 11.6. The maximum absolute atomic E-state index is 12.9. The molecule has 3 saturated heterocycles. The van der Waals surface area contributed by atoms with Gasteiger partial charge in [-0.1, -0.05) is 18.2 Å². The number of hydrogen-bond acceptors (Lipinski definition) is 5. The third-order valence-electron chi connectivity index (χ3n) is 5.91. The van der Waals surface area contributed by atoms with Crippen LogP contribution in [0.25, 0.3) is 0 Å². The number of benzene rings is 1.